The minimum absolute atomic E-state index is 0.0213. The second-order valence-corrected chi connectivity index (χ2v) is 8.68. The predicted molar refractivity (Wildman–Crippen MR) is 87.1 cm³/mol. The van der Waals surface area contributed by atoms with Gasteiger partial charge in [0.05, 0.1) is 11.5 Å². The predicted octanol–water partition coefficient (Wildman–Crippen LogP) is 0.360. The normalized spacial score (nSPS) is 25.8. The van der Waals surface area contributed by atoms with Crippen LogP contribution in [0.1, 0.15) is 16.8 Å². The molecule has 0 radical (unpaired) electrons. The van der Waals surface area contributed by atoms with Crippen LogP contribution in [0, 0.1) is 0 Å². The van der Waals surface area contributed by atoms with Crippen LogP contribution in [0.15, 0.2) is 18.2 Å². The van der Waals surface area contributed by atoms with Crippen molar-refractivity contribution in [3.05, 3.63) is 23.8 Å². The van der Waals surface area contributed by atoms with Crippen LogP contribution in [0.25, 0.3) is 0 Å². The third-order valence-corrected chi connectivity index (χ3v) is 6.70. The van der Waals surface area contributed by atoms with E-state index in [1.165, 1.54) is 0 Å². The molecule has 3 aliphatic heterocycles. The van der Waals surface area contributed by atoms with Crippen molar-refractivity contribution in [3.8, 4) is 11.5 Å². The van der Waals surface area contributed by atoms with Crippen LogP contribution in [-0.4, -0.2) is 74.6 Å². The molecule has 1 atom stereocenters. The Kier molecular flexibility index (Phi) is 3.88. The number of carbonyl (C=O) groups is 1. The quantitative estimate of drug-likeness (QED) is 0.765. The van der Waals surface area contributed by atoms with Crippen LogP contribution in [0.2, 0.25) is 0 Å². The first-order valence-corrected chi connectivity index (χ1v) is 9.97. The molecular formula is C16H20N2O5S. The lowest BCUT2D eigenvalue weighted by Crippen LogP contribution is -2.52. The summed E-state index contributed by atoms with van der Waals surface area (Å²) in [6.07, 6.45) is 0.707. The van der Waals surface area contributed by atoms with Crippen molar-refractivity contribution in [2.45, 2.75) is 12.5 Å². The second kappa shape index (κ2) is 5.93. The van der Waals surface area contributed by atoms with Crippen LogP contribution in [-0.2, 0) is 9.84 Å². The highest BCUT2D eigenvalue weighted by molar-refractivity contribution is 7.91. The zero-order valence-electron chi connectivity index (χ0n) is 13.3. The van der Waals surface area contributed by atoms with E-state index in [0.717, 1.165) is 13.1 Å². The highest BCUT2D eigenvalue weighted by Gasteiger charge is 2.34. The molecule has 7 nitrogen and oxygen atoms in total. The molecule has 4 rings (SSSR count). The Morgan fingerprint density at radius 2 is 1.83 bits per heavy atom. The topological polar surface area (TPSA) is 76.2 Å². The fourth-order valence-corrected chi connectivity index (χ4v) is 5.33. The lowest BCUT2D eigenvalue weighted by molar-refractivity contribution is 0.0587. The van der Waals surface area contributed by atoms with Gasteiger partial charge in [-0.15, -0.1) is 0 Å². The first kappa shape index (κ1) is 15.7. The Morgan fingerprint density at radius 3 is 2.54 bits per heavy atom. The molecule has 2 saturated heterocycles. The minimum atomic E-state index is -2.87. The molecule has 8 heteroatoms. The largest absolute Gasteiger partial charge is 0.454 e. The van der Waals surface area contributed by atoms with Crippen molar-refractivity contribution in [1.29, 1.82) is 0 Å². The van der Waals surface area contributed by atoms with E-state index in [4.69, 9.17) is 9.47 Å². The van der Waals surface area contributed by atoms with Gasteiger partial charge < -0.3 is 14.4 Å². The molecule has 1 aromatic rings. The SMILES string of the molecule is O=C(c1ccc2c(c1)OCO2)N1CCN(C2CCS(=O)(=O)C2)CC1. The van der Waals surface area contributed by atoms with E-state index < -0.39 is 9.84 Å². The van der Waals surface area contributed by atoms with Gasteiger partial charge in [-0.2, -0.15) is 0 Å². The van der Waals surface area contributed by atoms with E-state index in [9.17, 15) is 13.2 Å². The minimum Gasteiger partial charge on any atom is -0.454 e. The number of fused-ring (bicyclic) bond motifs is 1. The summed E-state index contributed by atoms with van der Waals surface area (Å²) in [7, 11) is -2.87. The van der Waals surface area contributed by atoms with E-state index in [-0.39, 0.29) is 30.2 Å². The molecule has 0 spiro atoms. The van der Waals surface area contributed by atoms with Crippen LogP contribution < -0.4 is 9.47 Å². The van der Waals surface area contributed by atoms with Crippen LogP contribution in [0.5, 0.6) is 11.5 Å². The molecule has 0 N–H and O–H groups in total. The van der Waals surface area contributed by atoms with Crippen molar-refractivity contribution >= 4 is 15.7 Å². The van der Waals surface area contributed by atoms with E-state index in [2.05, 4.69) is 4.90 Å². The molecule has 0 aromatic heterocycles. The van der Waals surface area contributed by atoms with Gasteiger partial charge in [0.15, 0.2) is 21.3 Å². The van der Waals surface area contributed by atoms with Gasteiger partial charge >= 0.3 is 0 Å². The van der Waals surface area contributed by atoms with Crippen molar-refractivity contribution < 1.29 is 22.7 Å². The smallest absolute Gasteiger partial charge is 0.254 e. The molecule has 3 heterocycles. The van der Waals surface area contributed by atoms with Gasteiger partial charge in [0.25, 0.3) is 5.91 Å². The molecule has 2 fully saturated rings. The first-order chi connectivity index (χ1) is 11.5. The molecule has 0 bridgehead atoms. The number of piperazine rings is 1. The summed E-state index contributed by atoms with van der Waals surface area (Å²) in [4.78, 5) is 16.7. The highest BCUT2D eigenvalue weighted by Crippen LogP contribution is 2.33. The summed E-state index contributed by atoms with van der Waals surface area (Å²) in [5, 5.41) is 0. The van der Waals surface area contributed by atoms with E-state index >= 15 is 0 Å². The Bertz CT molecular complexity index is 756. The number of hydrogen-bond donors (Lipinski definition) is 0. The summed E-state index contributed by atoms with van der Waals surface area (Å²) in [5.74, 6) is 1.79. The molecular weight excluding hydrogens is 332 g/mol. The van der Waals surface area contributed by atoms with Crippen molar-refractivity contribution in [2.24, 2.45) is 0 Å². The Hall–Kier alpha value is -1.80. The second-order valence-electron chi connectivity index (χ2n) is 6.45. The molecule has 1 unspecified atom stereocenters. The van der Waals surface area contributed by atoms with Gasteiger partial charge in [-0.3, -0.25) is 9.69 Å². The fourth-order valence-electron chi connectivity index (χ4n) is 3.57. The van der Waals surface area contributed by atoms with E-state index in [1.54, 1.807) is 18.2 Å². The van der Waals surface area contributed by atoms with E-state index in [0.29, 0.717) is 36.6 Å². The molecule has 130 valence electrons. The molecule has 0 aliphatic carbocycles. The summed E-state index contributed by atoms with van der Waals surface area (Å²) >= 11 is 0. The number of hydrogen-bond acceptors (Lipinski definition) is 6. The average molecular weight is 352 g/mol. The average Bonchev–Trinajstić information content (AvgIpc) is 3.19. The van der Waals surface area contributed by atoms with Gasteiger partial charge in [0, 0.05) is 37.8 Å². The number of nitrogens with zero attached hydrogens (tertiary/aromatic N) is 2. The summed E-state index contributed by atoms with van der Waals surface area (Å²) < 4.78 is 33.8. The van der Waals surface area contributed by atoms with Crippen LogP contribution in [0.3, 0.4) is 0 Å². The lowest BCUT2D eigenvalue weighted by Gasteiger charge is -2.37. The number of sulfone groups is 1. The first-order valence-electron chi connectivity index (χ1n) is 8.15. The van der Waals surface area contributed by atoms with Gasteiger partial charge in [0.1, 0.15) is 0 Å². The third kappa shape index (κ3) is 2.95. The molecule has 24 heavy (non-hydrogen) atoms. The van der Waals surface area contributed by atoms with Crippen molar-refractivity contribution in [3.63, 3.8) is 0 Å². The molecule has 0 saturated carbocycles. The van der Waals surface area contributed by atoms with Crippen LogP contribution >= 0.6 is 0 Å². The number of benzene rings is 1. The Balaban J connectivity index is 1.38. The zero-order chi connectivity index (χ0) is 16.7. The van der Waals surface area contributed by atoms with Gasteiger partial charge in [-0.1, -0.05) is 0 Å². The number of rotatable bonds is 2. The maximum absolute atomic E-state index is 12.6. The zero-order valence-corrected chi connectivity index (χ0v) is 14.1. The van der Waals surface area contributed by atoms with E-state index in [1.807, 2.05) is 4.90 Å². The van der Waals surface area contributed by atoms with Gasteiger partial charge in [0.2, 0.25) is 6.79 Å². The Labute approximate surface area is 141 Å². The lowest BCUT2D eigenvalue weighted by atomic mass is 10.1. The summed E-state index contributed by atoms with van der Waals surface area (Å²) in [6, 6.07) is 5.35. The monoisotopic (exact) mass is 352 g/mol. The van der Waals surface area contributed by atoms with Crippen molar-refractivity contribution in [1.82, 2.24) is 9.80 Å². The summed E-state index contributed by atoms with van der Waals surface area (Å²) in [6.45, 7) is 2.86. The summed E-state index contributed by atoms with van der Waals surface area (Å²) in [5.41, 5.74) is 0.594. The highest BCUT2D eigenvalue weighted by atomic mass is 32.2. The number of amides is 1. The number of ether oxygens (including phenoxy) is 2. The van der Waals surface area contributed by atoms with Gasteiger partial charge in [-0.05, 0) is 24.6 Å². The molecule has 1 aromatic carbocycles. The number of carbonyl (C=O) groups excluding carboxylic acids is 1. The van der Waals surface area contributed by atoms with Gasteiger partial charge in [-0.25, -0.2) is 8.42 Å². The third-order valence-electron chi connectivity index (χ3n) is 4.95. The standard InChI is InChI=1S/C16H20N2O5S/c19-16(12-1-2-14-15(9-12)23-11-22-14)18-6-4-17(5-7-18)13-3-8-24(20,21)10-13/h1-2,9,13H,3-8,10-11H2. The Morgan fingerprint density at radius 1 is 1.08 bits per heavy atom. The van der Waals surface area contributed by atoms with Crippen molar-refractivity contribution in [2.75, 3.05) is 44.5 Å². The molecule has 1 amide bonds. The fraction of sp³-hybridized carbons (Fsp3) is 0.562. The van der Waals surface area contributed by atoms with Crippen LogP contribution in [0.4, 0.5) is 0 Å². The molecule has 3 aliphatic rings. The maximum atomic E-state index is 12.6. The maximum Gasteiger partial charge on any atom is 0.254 e.